The molecule has 1 aliphatic heterocycles. The number of thiazole rings is 1. The van der Waals surface area contributed by atoms with Crippen LogP contribution < -0.4 is 14.4 Å². The molecule has 3 aromatic rings. The maximum Gasteiger partial charge on any atom is 0.269 e. The lowest BCUT2D eigenvalue weighted by Gasteiger charge is -2.10. The second kappa shape index (κ2) is 7.90. The molecular weight excluding hydrogens is 494 g/mol. The molecule has 0 unspecified atom stereocenters. The average Bonchev–Trinajstić information content (AvgIpc) is 3.32. The summed E-state index contributed by atoms with van der Waals surface area (Å²) in [5.74, 6) is -0.259. The number of nitrogens with zero attached hydrogens (tertiary/aromatic N) is 2. The van der Waals surface area contributed by atoms with Gasteiger partial charge in [0.1, 0.15) is 0 Å². The van der Waals surface area contributed by atoms with Crippen LogP contribution in [0.4, 0.5) is 5.13 Å². The van der Waals surface area contributed by atoms with E-state index in [4.69, 9.17) is 55.9 Å². The molecule has 0 fully saturated rings. The minimum atomic E-state index is -0.673. The third kappa shape index (κ3) is 3.13. The largest absolute Gasteiger partial charge is 0.493 e. The number of hydrogen-bond acceptors (Lipinski definition) is 6. The molecule has 30 heavy (non-hydrogen) atoms. The van der Waals surface area contributed by atoms with Gasteiger partial charge in [-0.3, -0.25) is 9.59 Å². The number of benzene rings is 2. The van der Waals surface area contributed by atoms with E-state index in [-0.39, 0.29) is 36.3 Å². The van der Waals surface area contributed by atoms with E-state index in [1.165, 1.54) is 14.2 Å². The predicted octanol–water partition coefficient (Wildman–Crippen LogP) is 6.24. The van der Waals surface area contributed by atoms with Crippen molar-refractivity contribution in [3.63, 3.8) is 0 Å². The molecule has 0 spiro atoms. The predicted molar refractivity (Wildman–Crippen MR) is 118 cm³/mol. The molecule has 0 aliphatic carbocycles. The second-order valence-corrected chi connectivity index (χ2v) is 8.39. The number of imide groups is 1. The SMILES string of the molecule is COc1ccc(-c2csc(N3C(=O)c4c(Cl)c(Cl)c(Cl)c(Cl)c4C3=O)n2)cc1OC. The number of hydrogen-bond donors (Lipinski definition) is 0. The molecule has 0 atom stereocenters. The monoisotopic (exact) mass is 502 g/mol. The summed E-state index contributed by atoms with van der Waals surface area (Å²) < 4.78 is 10.5. The Bertz CT molecular complexity index is 1180. The van der Waals surface area contributed by atoms with Crippen LogP contribution in [-0.2, 0) is 0 Å². The molecule has 6 nitrogen and oxygen atoms in total. The lowest BCUT2D eigenvalue weighted by Crippen LogP contribution is -2.29. The fourth-order valence-corrected chi connectivity index (χ4v) is 4.86. The fourth-order valence-electron chi connectivity index (χ4n) is 3.02. The van der Waals surface area contributed by atoms with Gasteiger partial charge in [-0.1, -0.05) is 46.4 Å². The van der Waals surface area contributed by atoms with Gasteiger partial charge in [-0.15, -0.1) is 11.3 Å². The number of fused-ring (bicyclic) bond motifs is 1. The van der Waals surface area contributed by atoms with Crippen molar-refractivity contribution < 1.29 is 19.1 Å². The lowest BCUT2D eigenvalue weighted by atomic mass is 10.1. The van der Waals surface area contributed by atoms with Crippen LogP contribution in [0.3, 0.4) is 0 Å². The molecule has 1 aromatic heterocycles. The molecule has 0 bridgehead atoms. The summed E-state index contributed by atoms with van der Waals surface area (Å²) in [7, 11) is 3.06. The second-order valence-electron chi connectivity index (χ2n) is 6.04. The molecule has 0 N–H and O–H groups in total. The van der Waals surface area contributed by atoms with Crippen molar-refractivity contribution in [3.05, 3.63) is 54.8 Å². The molecule has 0 radical (unpaired) electrons. The van der Waals surface area contributed by atoms with E-state index in [9.17, 15) is 9.59 Å². The summed E-state index contributed by atoms with van der Waals surface area (Å²) >= 11 is 25.6. The van der Waals surface area contributed by atoms with Crippen LogP contribution in [0, 0.1) is 0 Å². The summed E-state index contributed by atoms with van der Waals surface area (Å²) in [6.45, 7) is 0. The summed E-state index contributed by atoms with van der Waals surface area (Å²) in [5.41, 5.74) is 1.07. The highest BCUT2D eigenvalue weighted by molar-refractivity contribution is 7.14. The van der Waals surface area contributed by atoms with Gasteiger partial charge < -0.3 is 9.47 Å². The first kappa shape index (κ1) is 21.2. The van der Waals surface area contributed by atoms with Crippen molar-refractivity contribution in [2.24, 2.45) is 0 Å². The zero-order valence-corrected chi connectivity index (χ0v) is 19.1. The Morgan fingerprint density at radius 1 is 0.867 bits per heavy atom. The van der Waals surface area contributed by atoms with Crippen LogP contribution in [-0.4, -0.2) is 31.0 Å². The standard InChI is InChI=1S/C19H10Cl4N2O4S/c1-28-9-4-3-7(5-10(9)29-2)8-6-30-19(24-8)25-17(26)11-12(18(25)27)14(21)16(23)15(22)13(11)20/h3-6H,1-2H3. The van der Waals surface area contributed by atoms with Gasteiger partial charge in [0.2, 0.25) is 0 Å². The van der Waals surface area contributed by atoms with E-state index in [2.05, 4.69) is 4.98 Å². The van der Waals surface area contributed by atoms with Gasteiger partial charge in [-0.2, -0.15) is 0 Å². The number of carbonyl (C=O) groups excluding carboxylic acids is 2. The van der Waals surface area contributed by atoms with E-state index >= 15 is 0 Å². The smallest absolute Gasteiger partial charge is 0.269 e. The maximum absolute atomic E-state index is 13.0. The van der Waals surface area contributed by atoms with Crippen molar-refractivity contribution in [1.29, 1.82) is 0 Å². The third-order valence-corrected chi connectivity index (χ3v) is 7.09. The Kier molecular flexibility index (Phi) is 5.59. The van der Waals surface area contributed by atoms with Crippen LogP contribution in [0.1, 0.15) is 20.7 Å². The van der Waals surface area contributed by atoms with Gasteiger partial charge in [-0.05, 0) is 18.2 Å². The molecule has 154 valence electrons. The molecule has 1 aliphatic rings. The van der Waals surface area contributed by atoms with Crippen LogP contribution in [0.5, 0.6) is 11.5 Å². The number of rotatable bonds is 4. The molecule has 2 heterocycles. The van der Waals surface area contributed by atoms with Crippen LogP contribution in [0.2, 0.25) is 20.1 Å². The van der Waals surface area contributed by atoms with Crippen molar-refractivity contribution in [3.8, 4) is 22.8 Å². The van der Waals surface area contributed by atoms with Gasteiger partial charge in [-0.25, -0.2) is 9.88 Å². The number of ether oxygens (including phenoxy) is 2. The average molecular weight is 504 g/mol. The Morgan fingerprint density at radius 2 is 1.43 bits per heavy atom. The van der Waals surface area contributed by atoms with Crippen LogP contribution in [0.15, 0.2) is 23.6 Å². The summed E-state index contributed by atoms with van der Waals surface area (Å²) in [4.78, 5) is 31.3. The van der Waals surface area contributed by atoms with Crippen LogP contribution in [0.25, 0.3) is 11.3 Å². The summed E-state index contributed by atoms with van der Waals surface area (Å²) in [5, 5.41) is 1.44. The molecule has 0 saturated carbocycles. The molecule has 4 rings (SSSR count). The van der Waals surface area contributed by atoms with Crippen LogP contribution >= 0.6 is 57.7 Å². The number of aromatic nitrogens is 1. The minimum Gasteiger partial charge on any atom is -0.493 e. The third-order valence-electron chi connectivity index (χ3n) is 4.46. The Morgan fingerprint density at radius 3 is 1.97 bits per heavy atom. The summed E-state index contributed by atoms with van der Waals surface area (Å²) in [6.07, 6.45) is 0. The topological polar surface area (TPSA) is 68.7 Å². The van der Waals surface area contributed by atoms with Gasteiger partial charge in [0.15, 0.2) is 16.6 Å². The van der Waals surface area contributed by atoms with Crippen molar-refractivity contribution in [2.75, 3.05) is 19.1 Å². The normalized spacial score (nSPS) is 13.1. The van der Waals surface area contributed by atoms with E-state index in [1.54, 1.807) is 23.6 Å². The number of anilines is 1. The van der Waals surface area contributed by atoms with Crippen molar-refractivity contribution in [2.45, 2.75) is 0 Å². The first-order valence-corrected chi connectivity index (χ1v) is 10.6. The van der Waals surface area contributed by atoms with Gasteiger partial charge in [0, 0.05) is 10.9 Å². The lowest BCUT2D eigenvalue weighted by molar-refractivity contribution is 0.0926. The van der Waals surface area contributed by atoms with E-state index in [0.717, 1.165) is 16.2 Å². The minimum absolute atomic E-state index is 0.0877. The quantitative estimate of drug-likeness (QED) is 0.239. The zero-order valence-electron chi connectivity index (χ0n) is 15.3. The number of halogens is 4. The Balaban J connectivity index is 1.76. The van der Waals surface area contributed by atoms with Crippen molar-refractivity contribution in [1.82, 2.24) is 4.98 Å². The van der Waals surface area contributed by atoms with E-state index < -0.39 is 11.8 Å². The zero-order chi connectivity index (χ0) is 21.7. The van der Waals surface area contributed by atoms with E-state index in [0.29, 0.717) is 22.8 Å². The first-order chi connectivity index (χ1) is 14.3. The first-order valence-electron chi connectivity index (χ1n) is 8.22. The van der Waals surface area contributed by atoms with Crippen molar-refractivity contribution >= 4 is 74.7 Å². The van der Waals surface area contributed by atoms with Gasteiger partial charge in [0.05, 0.1) is 51.1 Å². The number of carbonyl (C=O) groups is 2. The highest BCUT2D eigenvalue weighted by Crippen LogP contribution is 2.46. The number of amides is 2. The number of methoxy groups -OCH3 is 2. The van der Waals surface area contributed by atoms with E-state index in [1.807, 2.05) is 0 Å². The maximum atomic E-state index is 13.0. The molecule has 2 aromatic carbocycles. The Hall–Kier alpha value is -2.03. The highest BCUT2D eigenvalue weighted by Gasteiger charge is 2.43. The molecule has 2 amide bonds. The van der Waals surface area contributed by atoms with Gasteiger partial charge >= 0.3 is 0 Å². The highest BCUT2D eigenvalue weighted by atomic mass is 35.5. The molecule has 11 heteroatoms. The summed E-state index contributed by atoms with van der Waals surface area (Å²) in [6, 6.07) is 5.27. The van der Waals surface area contributed by atoms with Gasteiger partial charge in [0.25, 0.3) is 11.8 Å². The Labute approximate surface area is 194 Å². The molecule has 0 saturated heterocycles. The fraction of sp³-hybridized carbons (Fsp3) is 0.105. The molecular formula is C19H10Cl4N2O4S.